The van der Waals surface area contributed by atoms with Gasteiger partial charge in [-0.15, -0.1) is 0 Å². The van der Waals surface area contributed by atoms with E-state index < -0.39 is 0 Å². The largest absolute Gasteiger partial charge is 0.384 e. The monoisotopic (exact) mass is 441 g/mol. The molecule has 1 fully saturated rings. The molecule has 3 N–H and O–H groups in total. The lowest BCUT2D eigenvalue weighted by molar-refractivity contribution is 0.0398. The molecule has 4 aromatic rings. The van der Waals surface area contributed by atoms with E-state index in [4.69, 9.17) is 10.5 Å². The number of pyridine rings is 2. The summed E-state index contributed by atoms with van der Waals surface area (Å²) >= 11 is 0. The van der Waals surface area contributed by atoms with Gasteiger partial charge in [0.25, 0.3) is 0 Å². The molecule has 6 nitrogen and oxygen atoms in total. The van der Waals surface area contributed by atoms with E-state index in [1.807, 2.05) is 6.20 Å². The fraction of sp³-hybridized carbons (Fsp3) is 0.333. The maximum atomic E-state index is 6.19. The molecule has 1 aliphatic heterocycles. The van der Waals surface area contributed by atoms with Gasteiger partial charge in [0.05, 0.1) is 18.7 Å². The highest BCUT2D eigenvalue weighted by molar-refractivity contribution is 6.08. The number of nitrogens with zero attached hydrogens (tertiary/aromatic N) is 3. The predicted octanol–water partition coefficient (Wildman–Crippen LogP) is 4.20. The molecule has 0 amide bonds. The third-order valence-corrected chi connectivity index (χ3v) is 6.39. The lowest BCUT2D eigenvalue weighted by Gasteiger charge is -2.26. The van der Waals surface area contributed by atoms with Crippen LogP contribution in [0.25, 0.3) is 21.8 Å². The zero-order valence-corrected chi connectivity index (χ0v) is 19.2. The van der Waals surface area contributed by atoms with Crippen molar-refractivity contribution in [2.75, 3.05) is 50.4 Å². The van der Waals surface area contributed by atoms with Gasteiger partial charge in [-0.25, -0.2) is 4.98 Å². The number of nitrogens with two attached hydrogens (primary N) is 1. The van der Waals surface area contributed by atoms with Crippen LogP contribution in [0.2, 0.25) is 0 Å². The standard InChI is InChI=1S/C27H31N5O/c1-19-2-9-23-24-17-21(18-30-26(24)27(28)31-25(23)16-19)4-3-20-5-7-22(8-6-20)29-10-11-32-12-14-33-15-13-32/h2,5-9,16-18,29H,3-4,10-15H2,1H3,(H2,28,31). The van der Waals surface area contributed by atoms with Crippen molar-refractivity contribution in [3.63, 3.8) is 0 Å². The molecule has 0 unspecified atom stereocenters. The molecule has 0 bridgehead atoms. The van der Waals surface area contributed by atoms with Gasteiger partial charge in [-0.2, -0.15) is 0 Å². The van der Waals surface area contributed by atoms with Crippen LogP contribution in [0.5, 0.6) is 0 Å². The molecule has 0 radical (unpaired) electrons. The van der Waals surface area contributed by atoms with Gasteiger partial charge >= 0.3 is 0 Å². The van der Waals surface area contributed by atoms with Crippen molar-refractivity contribution in [2.24, 2.45) is 0 Å². The Balaban J connectivity index is 1.22. The molecule has 0 atom stereocenters. The van der Waals surface area contributed by atoms with Crippen LogP contribution in [-0.2, 0) is 17.6 Å². The molecule has 5 rings (SSSR count). The Hall–Kier alpha value is -3.22. The van der Waals surface area contributed by atoms with Crippen LogP contribution in [0.15, 0.2) is 54.7 Å². The van der Waals surface area contributed by atoms with E-state index >= 15 is 0 Å². The molecule has 1 saturated heterocycles. The van der Waals surface area contributed by atoms with E-state index in [2.05, 4.69) is 75.6 Å². The van der Waals surface area contributed by atoms with Crippen molar-refractivity contribution in [2.45, 2.75) is 19.8 Å². The summed E-state index contributed by atoms with van der Waals surface area (Å²) in [6.45, 7) is 7.83. The Morgan fingerprint density at radius 3 is 2.58 bits per heavy atom. The lowest BCUT2D eigenvalue weighted by Crippen LogP contribution is -2.38. The fourth-order valence-corrected chi connectivity index (χ4v) is 4.46. The summed E-state index contributed by atoms with van der Waals surface area (Å²) in [7, 11) is 0. The van der Waals surface area contributed by atoms with Gasteiger partial charge < -0.3 is 15.8 Å². The molecule has 170 valence electrons. The van der Waals surface area contributed by atoms with Gasteiger partial charge in [-0.05, 0) is 60.7 Å². The Morgan fingerprint density at radius 1 is 0.970 bits per heavy atom. The summed E-state index contributed by atoms with van der Waals surface area (Å²) in [6, 6.07) is 17.3. The number of nitrogen functional groups attached to an aromatic ring is 1. The summed E-state index contributed by atoms with van der Waals surface area (Å²) in [5, 5.41) is 5.71. The number of nitrogens with one attached hydrogen (secondary N) is 1. The van der Waals surface area contributed by atoms with Gasteiger partial charge in [0.1, 0.15) is 5.52 Å². The summed E-state index contributed by atoms with van der Waals surface area (Å²) < 4.78 is 5.41. The number of benzene rings is 2. The SMILES string of the molecule is Cc1ccc2c(c1)nc(N)c1ncc(CCc3ccc(NCCN4CCOCC4)cc3)cc12. The van der Waals surface area contributed by atoms with Crippen molar-refractivity contribution in [1.82, 2.24) is 14.9 Å². The van der Waals surface area contributed by atoms with Crippen LogP contribution < -0.4 is 11.1 Å². The predicted molar refractivity (Wildman–Crippen MR) is 136 cm³/mol. The second kappa shape index (κ2) is 9.73. The number of morpholine rings is 1. The lowest BCUT2D eigenvalue weighted by atomic mass is 10.0. The van der Waals surface area contributed by atoms with Crippen LogP contribution in [0, 0.1) is 6.92 Å². The summed E-state index contributed by atoms with van der Waals surface area (Å²) in [5.41, 5.74) is 12.8. The Kier molecular flexibility index (Phi) is 6.37. The first-order valence-electron chi connectivity index (χ1n) is 11.7. The highest BCUT2D eigenvalue weighted by Crippen LogP contribution is 2.28. The summed E-state index contributed by atoms with van der Waals surface area (Å²) in [4.78, 5) is 11.6. The molecule has 6 heteroatoms. The summed E-state index contributed by atoms with van der Waals surface area (Å²) in [5.74, 6) is 0.492. The minimum absolute atomic E-state index is 0.492. The molecule has 0 saturated carbocycles. The quantitative estimate of drug-likeness (QED) is 0.419. The number of hydrogen-bond donors (Lipinski definition) is 2. The molecule has 2 aromatic carbocycles. The average Bonchev–Trinajstić information content (AvgIpc) is 2.84. The molecular weight excluding hydrogens is 410 g/mol. The number of hydrogen-bond acceptors (Lipinski definition) is 6. The van der Waals surface area contributed by atoms with Crippen molar-refractivity contribution in [3.8, 4) is 0 Å². The van der Waals surface area contributed by atoms with E-state index in [1.54, 1.807) is 0 Å². The van der Waals surface area contributed by atoms with Crippen LogP contribution in [-0.4, -0.2) is 54.3 Å². The van der Waals surface area contributed by atoms with Crippen molar-refractivity contribution < 1.29 is 4.74 Å². The molecule has 33 heavy (non-hydrogen) atoms. The maximum absolute atomic E-state index is 6.19. The molecular formula is C27H31N5O. The van der Waals surface area contributed by atoms with Crippen molar-refractivity contribution in [3.05, 3.63) is 71.4 Å². The van der Waals surface area contributed by atoms with Crippen LogP contribution >= 0.6 is 0 Å². The van der Waals surface area contributed by atoms with Crippen molar-refractivity contribution in [1.29, 1.82) is 0 Å². The van der Waals surface area contributed by atoms with Crippen molar-refractivity contribution >= 4 is 33.3 Å². The molecule has 0 spiro atoms. The number of rotatable bonds is 7. The first-order valence-corrected chi connectivity index (χ1v) is 11.7. The smallest absolute Gasteiger partial charge is 0.150 e. The van der Waals surface area contributed by atoms with E-state index in [1.165, 1.54) is 22.4 Å². The number of aryl methyl sites for hydroxylation is 3. The number of aromatic nitrogens is 2. The Bertz CT molecular complexity index is 1250. The Morgan fingerprint density at radius 2 is 1.76 bits per heavy atom. The third kappa shape index (κ3) is 5.07. The fourth-order valence-electron chi connectivity index (χ4n) is 4.46. The van der Waals surface area contributed by atoms with Gasteiger partial charge in [-0.3, -0.25) is 9.88 Å². The number of ether oxygens (including phenoxy) is 1. The van der Waals surface area contributed by atoms with Crippen LogP contribution in [0.3, 0.4) is 0 Å². The summed E-state index contributed by atoms with van der Waals surface area (Å²) in [6.07, 6.45) is 3.84. The van der Waals surface area contributed by atoms with Gasteiger partial charge in [0.15, 0.2) is 5.82 Å². The first kappa shape index (κ1) is 21.6. The minimum Gasteiger partial charge on any atom is -0.384 e. The normalized spacial score (nSPS) is 14.7. The average molecular weight is 442 g/mol. The van der Waals surface area contributed by atoms with Gasteiger partial charge in [0, 0.05) is 48.8 Å². The highest BCUT2D eigenvalue weighted by Gasteiger charge is 2.10. The molecule has 1 aliphatic rings. The van der Waals surface area contributed by atoms with Gasteiger partial charge in [-0.1, -0.05) is 24.3 Å². The Labute approximate surface area is 194 Å². The maximum Gasteiger partial charge on any atom is 0.150 e. The number of fused-ring (bicyclic) bond motifs is 3. The second-order valence-corrected chi connectivity index (χ2v) is 8.84. The molecule has 0 aliphatic carbocycles. The molecule has 3 heterocycles. The first-order chi connectivity index (χ1) is 16.2. The van der Waals surface area contributed by atoms with E-state index in [0.717, 1.165) is 74.0 Å². The molecule has 2 aromatic heterocycles. The second-order valence-electron chi connectivity index (χ2n) is 8.84. The zero-order chi connectivity index (χ0) is 22.6. The zero-order valence-electron chi connectivity index (χ0n) is 19.2. The van der Waals surface area contributed by atoms with Crippen LogP contribution in [0.1, 0.15) is 16.7 Å². The highest BCUT2D eigenvalue weighted by atomic mass is 16.5. The number of anilines is 2. The third-order valence-electron chi connectivity index (χ3n) is 6.39. The minimum atomic E-state index is 0.492. The van der Waals surface area contributed by atoms with E-state index in [0.29, 0.717) is 5.82 Å². The van der Waals surface area contributed by atoms with Crippen LogP contribution in [0.4, 0.5) is 11.5 Å². The van der Waals surface area contributed by atoms with Gasteiger partial charge in [0.2, 0.25) is 0 Å². The van der Waals surface area contributed by atoms with E-state index in [-0.39, 0.29) is 0 Å². The topological polar surface area (TPSA) is 76.3 Å². The van der Waals surface area contributed by atoms with E-state index in [9.17, 15) is 0 Å².